The first-order valence-corrected chi connectivity index (χ1v) is 6.74. The van der Waals surface area contributed by atoms with Gasteiger partial charge >= 0.3 is 5.69 Å². The lowest BCUT2D eigenvalue weighted by Gasteiger charge is -2.18. The Hall–Kier alpha value is -1.98. The molecule has 6 heteroatoms. The van der Waals surface area contributed by atoms with Gasteiger partial charge < -0.3 is 14.8 Å². The van der Waals surface area contributed by atoms with Crippen molar-refractivity contribution >= 4 is 11.4 Å². The number of nitrogens with one attached hydrogen (secondary N) is 1. The highest BCUT2D eigenvalue weighted by Crippen LogP contribution is 2.41. The van der Waals surface area contributed by atoms with Crippen molar-refractivity contribution in [1.82, 2.24) is 0 Å². The van der Waals surface area contributed by atoms with E-state index in [4.69, 9.17) is 9.47 Å². The highest BCUT2D eigenvalue weighted by Gasteiger charge is 2.24. The van der Waals surface area contributed by atoms with Gasteiger partial charge in [-0.05, 0) is 34.6 Å². The summed E-state index contributed by atoms with van der Waals surface area (Å²) in [6.07, 6.45) is -0.269. The predicted octanol–water partition coefficient (Wildman–Crippen LogP) is 3.60. The van der Waals surface area contributed by atoms with Crippen LogP contribution in [0.5, 0.6) is 11.5 Å². The van der Waals surface area contributed by atoms with Crippen LogP contribution in [0.4, 0.5) is 11.4 Å². The lowest BCUT2D eigenvalue weighted by Crippen LogP contribution is -2.13. The molecule has 0 aliphatic heterocycles. The molecule has 0 bridgehead atoms. The van der Waals surface area contributed by atoms with Gasteiger partial charge in [-0.15, -0.1) is 0 Å². The van der Waals surface area contributed by atoms with Gasteiger partial charge in [0.25, 0.3) is 0 Å². The van der Waals surface area contributed by atoms with Crippen LogP contribution in [0, 0.1) is 10.1 Å². The van der Waals surface area contributed by atoms with E-state index in [0.717, 1.165) is 0 Å². The minimum atomic E-state index is -0.453. The lowest BCUT2D eigenvalue weighted by molar-refractivity contribution is -0.386. The summed E-state index contributed by atoms with van der Waals surface area (Å²) in [5.41, 5.74) is 0.554. The maximum Gasteiger partial charge on any atom is 0.316 e. The third-order valence-corrected chi connectivity index (χ3v) is 2.33. The number of nitro groups is 1. The van der Waals surface area contributed by atoms with Gasteiger partial charge in [0.15, 0.2) is 5.75 Å². The molecule has 0 saturated heterocycles. The van der Waals surface area contributed by atoms with Gasteiger partial charge in [0.2, 0.25) is 5.75 Å². The average molecular weight is 282 g/mol. The number of nitrogens with zero attached hydrogens (tertiary/aromatic N) is 1. The Kier molecular flexibility index (Phi) is 5.61. The zero-order chi connectivity index (χ0) is 15.3. The smallest absolute Gasteiger partial charge is 0.316 e. The molecule has 112 valence electrons. The first-order valence-electron chi connectivity index (χ1n) is 6.74. The van der Waals surface area contributed by atoms with Crippen molar-refractivity contribution in [2.45, 2.75) is 46.8 Å². The molecule has 1 aromatic carbocycles. The molecule has 0 saturated carbocycles. The number of benzene rings is 1. The molecule has 0 atom stereocenters. The number of rotatable bonds is 7. The largest absolute Gasteiger partial charge is 0.487 e. The maximum atomic E-state index is 11.2. The summed E-state index contributed by atoms with van der Waals surface area (Å²) in [4.78, 5) is 10.8. The number of nitro benzene ring substituents is 1. The summed E-state index contributed by atoms with van der Waals surface area (Å²) in [6, 6.07) is 3.20. The molecule has 0 aliphatic carbocycles. The lowest BCUT2D eigenvalue weighted by atomic mass is 10.2. The second kappa shape index (κ2) is 6.98. The monoisotopic (exact) mass is 282 g/mol. The highest BCUT2D eigenvalue weighted by atomic mass is 16.6. The standard InChI is InChI=1S/C14H22N2O4/c1-6-15-11-7-12(16(17)18)14(20-10(4)5)13(8-11)19-9(2)3/h7-10,15H,6H2,1-5H3. The summed E-state index contributed by atoms with van der Waals surface area (Å²) in [6.45, 7) is 9.97. The van der Waals surface area contributed by atoms with Gasteiger partial charge in [-0.1, -0.05) is 0 Å². The molecule has 0 aliphatic rings. The topological polar surface area (TPSA) is 73.6 Å². The minimum Gasteiger partial charge on any atom is -0.487 e. The van der Waals surface area contributed by atoms with Crippen LogP contribution in [0.25, 0.3) is 0 Å². The van der Waals surface area contributed by atoms with Crippen molar-refractivity contribution in [2.24, 2.45) is 0 Å². The van der Waals surface area contributed by atoms with Crippen LogP contribution in [0.2, 0.25) is 0 Å². The maximum absolute atomic E-state index is 11.2. The van der Waals surface area contributed by atoms with Gasteiger partial charge in [-0.3, -0.25) is 10.1 Å². The SMILES string of the molecule is CCNc1cc(OC(C)C)c(OC(C)C)c([N+](=O)[O-])c1. The first kappa shape index (κ1) is 16.1. The molecule has 0 heterocycles. The molecule has 20 heavy (non-hydrogen) atoms. The van der Waals surface area contributed by atoms with Crippen molar-refractivity contribution in [1.29, 1.82) is 0 Å². The Balaban J connectivity index is 3.36. The van der Waals surface area contributed by atoms with Gasteiger partial charge in [0.1, 0.15) is 0 Å². The predicted molar refractivity (Wildman–Crippen MR) is 78.8 cm³/mol. The molecule has 1 aromatic rings. The van der Waals surface area contributed by atoms with Crippen molar-refractivity contribution < 1.29 is 14.4 Å². The fourth-order valence-electron chi connectivity index (χ4n) is 1.72. The molecule has 0 amide bonds. The molecule has 6 nitrogen and oxygen atoms in total. The van der Waals surface area contributed by atoms with Crippen LogP contribution >= 0.6 is 0 Å². The van der Waals surface area contributed by atoms with Crippen LogP contribution in [-0.2, 0) is 0 Å². The Morgan fingerprint density at radius 2 is 1.80 bits per heavy atom. The van der Waals surface area contributed by atoms with E-state index in [1.807, 2.05) is 34.6 Å². The molecule has 0 radical (unpaired) electrons. The third-order valence-electron chi connectivity index (χ3n) is 2.33. The quantitative estimate of drug-likeness (QED) is 0.611. The van der Waals surface area contributed by atoms with E-state index in [2.05, 4.69) is 5.32 Å². The first-order chi connectivity index (χ1) is 9.35. The van der Waals surface area contributed by atoms with E-state index < -0.39 is 4.92 Å². The van der Waals surface area contributed by atoms with Crippen LogP contribution in [0.3, 0.4) is 0 Å². The zero-order valence-corrected chi connectivity index (χ0v) is 12.6. The van der Waals surface area contributed by atoms with Gasteiger partial charge in [0, 0.05) is 24.4 Å². The summed E-state index contributed by atoms with van der Waals surface area (Å²) in [5, 5.41) is 14.3. The van der Waals surface area contributed by atoms with E-state index >= 15 is 0 Å². The average Bonchev–Trinajstić information content (AvgIpc) is 2.30. The van der Waals surface area contributed by atoms with Crippen LogP contribution in [-0.4, -0.2) is 23.7 Å². The van der Waals surface area contributed by atoms with Crippen molar-refractivity contribution in [3.8, 4) is 11.5 Å². The number of anilines is 1. The van der Waals surface area contributed by atoms with Crippen LogP contribution in [0.1, 0.15) is 34.6 Å². The normalized spacial score (nSPS) is 10.8. The van der Waals surface area contributed by atoms with E-state index in [1.165, 1.54) is 6.07 Å². The van der Waals surface area contributed by atoms with E-state index in [0.29, 0.717) is 18.0 Å². The number of ether oxygens (including phenoxy) is 2. The number of hydrogen-bond acceptors (Lipinski definition) is 5. The molecule has 1 N–H and O–H groups in total. The fraction of sp³-hybridized carbons (Fsp3) is 0.571. The second-order valence-corrected chi connectivity index (χ2v) is 4.94. The van der Waals surface area contributed by atoms with Gasteiger partial charge in [-0.2, -0.15) is 0 Å². The summed E-state index contributed by atoms with van der Waals surface area (Å²) >= 11 is 0. The molecular formula is C14H22N2O4. The Morgan fingerprint density at radius 3 is 2.25 bits per heavy atom. The fourth-order valence-corrected chi connectivity index (χ4v) is 1.72. The second-order valence-electron chi connectivity index (χ2n) is 4.94. The third kappa shape index (κ3) is 4.29. The number of hydrogen-bond donors (Lipinski definition) is 1. The van der Waals surface area contributed by atoms with Crippen molar-refractivity contribution in [2.75, 3.05) is 11.9 Å². The molecule has 0 unspecified atom stereocenters. The molecule has 0 aromatic heterocycles. The summed E-state index contributed by atoms with van der Waals surface area (Å²) in [5.74, 6) is 0.569. The van der Waals surface area contributed by atoms with E-state index in [9.17, 15) is 10.1 Å². The minimum absolute atomic E-state index is 0.0900. The summed E-state index contributed by atoms with van der Waals surface area (Å²) < 4.78 is 11.2. The molecule has 1 rings (SSSR count). The van der Waals surface area contributed by atoms with E-state index in [-0.39, 0.29) is 23.6 Å². The zero-order valence-electron chi connectivity index (χ0n) is 12.6. The van der Waals surface area contributed by atoms with Gasteiger partial charge in [-0.25, -0.2) is 0 Å². The van der Waals surface area contributed by atoms with Crippen molar-refractivity contribution in [3.63, 3.8) is 0 Å². The summed E-state index contributed by atoms with van der Waals surface area (Å²) in [7, 11) is 0. The Bertz CT molecular complexity index is 472. The molecule has 0 fully saturated rings. The van der Waals surface area contributed by atoms with Crippen LogP contribution in [0.15, 0.2) is 12.1 Å². The molecular weight excluding hydrogens is 260 g/mol. The van der Waals surface area contributed by atoms with Crippen molar-refractivity contribution in [3.05, 3.63) is 22.2 Å². The Labute approximate surface area is 119 Å². The van der Waals surface area contributed by atoms with E-state index in [1.54, 1.807) is 6.07 Å². The Morgan fingerprint density at radius 1 is 1.20 bits per heavy atom. The van der Waals surface area contributed by atoms with Crippen LogP contribution < -0.4 is 14.8 Å². The molecule has 0 spiro atoms. The highest BCUT2D eigenvalue weighted by molar-refractivity contribution is 5.66. The van der Waals surface area contributed by atoms with Gasteiger partial charge in [0.05, 0.1) is 17.1 Å².